The second-order valence-electron chi connectivity index (χ2n) is 9.57. The van der Waals surface area contributed by atoms with Crippen molar-refractivity contribution < 1.29 is 4.79 Å². The summed E-state index contributed by atoms with van der Waals surface area (Å²) < 4.78 is 0. The SMILES string of the molecule is O=C(Cc1ccccc1)Nc1cncc(-c2ccc3[nH]nc(-c4cc5c(-c6ccncc6)cncc5[nH]4)c3c2)c1. The van der Waals surface area contributed by atoms with Gasteiger partial charge < -0.3 is 10.3 Å². The molecular formula is C32H23N7O. The van der Waals surface area contributed by atoms with Crippen molar-refractivity contribution >= 4 is 33.4 Å². The van der Waals surface area contributed by atoms with Crippen LogP contribution in [0.5, 0.6) is 0 Å². The molecule has 0 aliphatic carbocycles. The number of anilines is 1. The van der Waals surface area contributed by atoms with E-state index in [1.54, 1.807) is 24.8 Å². The summed E-state index contributed by atoms with van der Waals surface area (Å²) >= 11 is 0. The van der Waals surface area contributed by atoms with Gasteiger partial charge >= 0.3 is 0 Å². The van der Waals surface area contributed by atoms with Crippen molar-refractivity contribution in [3.05, 3.63) is 116 Å². The minimum absolute atomic E-state index is 0.0860. The summed E-state index contributed by atoms with van der Waals surface area (Å²) in [7, 11) is 0. The topological polar surface area (TPSA) is 112 Å². The van der Waals surface area contributed by atoms with Gasteiger partial charge in [-0.2, -0.15) is 5.10 Å². The van der Waals surface area contributed by atoms with E-state index < -0.39 is 0 Å². The van der Waals surface area contributed by atoms with Gasteiger partial charge in [0.05, 0.1) is 41.2 Å². The molecule has 0 fully saturated rings. The summed E-state index contributed by atoms with van der Waals surface area (Å²) in [5.41, 5.74) is 9.11. The van der Waals surface area contributed by atoms with E-state index in [1.165, 1.54) is 0 Å². The molecule has 5 aromatic heterocycles. The van der Waals surface area contributed by atoms with Gasteiger partial charge in [0.1, 0.15) is 5.69 Å². The van der Waals surface area contributed by atoms with E-state index in [9.17, 15) is 4.79 Å². The number of aromatic amines is 2. The van der Waals surface area contributed by atoms with Crippen LogP contribution in [0.4, 0.5) is 5.69 Å². The van der Waals surface area contributed by atoms with Crippen LogP contribution in [-0.2, 0) is 11.2 Å². The molecule has 7 rings (SSSR count). The van der Waals surface area contributed by atoms with Crippen molar-refractivity contribution in [2.75, 3.05) is 5.32 Å². The van der Waals surface area contributed by atoms with E-state index in [0.717, 1.165) is 61.0 Å². The van der Waals surface area contributed by atoms with E-state index in [-0.39, 0.29) is 5.91 Å². The van der Waals surface area contributed by atoms with E-state index in [1.807, 2.05) is 73.1 Å². The van der Waals surface area contributed by atoms with Gasteiger partial charge in [-0.25, -0.2) is 0 Å². The average molecular weight is 522 g/mol. The number of carbonyl (C=O) groups excluding carboxylic acids is 1. The highest BCUT2D eigenvalue weighted by molar-refractivity contribution is 6.01. The number of carbonyl (C=O) groups is 1. The normalized spacial score (nSPS) is 11.2. The maximum absolute atomic E-state index is 12.6. The van der Waals surface area contributed by atoms with Crippen LogP contribution < -0.4 is 5.32 Å². The van der Waals surface area contributed by atoms with Crippen molar-refractivity contribution in [1.82, 2.24) is 30.1 Å². The molecule has 8 nitrogen and oxygen atoms in total. The van der Waals surface area contributed by atoms with Gasteiger partial charge in [-0.15, -0.1) is 0 Å². The largest absolute Gasteiger partial charge is 0.352 e. The fourth-order valence-corrected chi connectivity index (χ4v) is 4.99. The van der Waals surface area contributed by atoms with Gasteiger partial charge in [0.15, 0.2) is 0 Å². The number of rotatable bonds is 6. The smallest absolute Gasteiger partial charge is 0.228 e. The minimum Gasteiger partial charge on any atom is -0.352 e. The maximum Gasteiger partial charge on any atom is 0.228 e. The number of H-pyrrole nitrogens is 2. The van der Waals surface area contributed by atoms with E-state index >= 15 is 0 Å². The van der Waals surface area contributed by atoms with Gasteiger partial charge in [-0.3, -0.25) is 24.8 Å². The third-order valence-electron chi connectivity index (χ3n) is 6.92. The standard InChI is InChI=1S/C32H23N7O/c40-31(12-20-4-2-1-3-5-20)36-24-13-23(16-34-17-24)22-6-7-28-26(14-22)32(39-38-28)29-15-25-27(18-35-19-30(25)37-29)21-8-10-33-11-9-21/h1-11,13-19,37H,12H2,(H,36,40)(H,38,39). The molecule has 0 saturated heterocycles. The van der Waals surface area contributed by atoms with E-state index in [4.69, 9.17) is 0 Å². The highest BCUT2D eigenvalue weighted by atomic mass is 16.1. The van der Waals surface area contributed by atoms with Crippen LogP contribution in [0.2, 0.25) is 0 Å². The lowest BCUT2D eigenvalue weighted by atomic mass is 10.0. The quantitative estimate of drug-likeness (QED) is 0.234. The Hall–Kier alpha value is -5.63. The number of fused-ring (bicyclic) bond motifs is 2. The number of hydrogen-bond donors (Lipinski definition) is 3. The van der Waals surface area contributed by atoms with Gasteiger partial charge in [0.25, 0.3) is 0 Å². The second kappa shape index (κ2) is 9.92. The first-order valence-corrected chi connectivity index (χ1v) is 12.9. The van der Waals surface area contributed by atoms with Crippen molar-refractivity contribution in [3.63, 3.8) is 0 Å². The van der Waals surface area contributed by atoms with Crippen LogP contribution in [0.15, 0.2) is 110 Å². The predicted molar refractivity (Wildman–Crippen MR) is 156 cm³/mol. The Labute approximate surface area is 229 Å². The monoisotopic (exact) mass is 521 g/mol. The Balaban J connectivity index is 1.21. The number of pyridine rings is 3. The molecule has 0 saturated carbocycles. The summed E-state index contributed by atoms with van der Waals surface area (Å²) in [5.74, 6) is -0.0860. The third kappa shape index (κ3) is 4.48. The first-order chi connectivity index (χ1) is 19.7. The Morgan fingerprint density at radius 1 is 0.725 bits per heavy atom. The molecule has 0 aliphatic rings. The highest BCUT2D eigenvalue weighted by Crippen LogP contribution is 2.35. The molecule has 0 bridgehead atoms. The maximum atomic E-state index is 12.6. The van der Waals surface area contributed by atoms with Crippen LogP contribution in [0.1, 0.15) is 5.56 Å². The number of nitrogens with one attached hydrogen (secondary N) is 3. The third-order valence-corrected chi connectivity index (χ3v) is 6.92. The molecule has 0 aliphatic heterocycles. The van der Waals surface area contributed by atoms with Crippen LogP contribution in [0.25, 0.3) is 55.4 Å². The van der Waals surface area contributed by atoms with Crippen molar-refractivity contribution in [2.45, 2.75) is 6.42 Å². The van der Waals surface area contributed by atoms with E-state index in [2.05, 4.69) is 47.6 Å². The number of aromatic nitrogens is 6. The lowest BCUT2D eigenvalue weighted by molar-refractivity contribution is -0.115. The molecule has 8 heteroatoms. The molecule has 0 unspecified atom stereocenters. The molecule has 7 aromatic rings. The Kier molecular flexibility index (Phi) is 5.82. The fourth-order valence-electron chi connectivity index (χ4n) is 4.99. The zero-order valence-electron chi connectivity index (χ0n) is 21.3. The van der Waals surface area contributed by atoms with Crippen LogP contribution in [0, 0.1) is 0 Å². The number of hydrogen-bond acceptors (Lipinski definition) is 5. The lowest BCUT2D eigenvalue weighted by Gasteiger charge is -2.08. The van der Waals surface area contributed by atoms with Crippen LogP contribution in [-0.4, -0.2) is 36.0 Å². The Morgan fingerprint density at radius 3 is 2.45 bits per heavy atom. The minimum atomic E-state index is -0.0860. The van der Waals surface area contributed by atoms with Crippen molar-refractivity contribution in [3.8, 4) is 33.6 Å². The molecule has 0 atom stereocenters. The van der Waals surface area contributed by atoms with Gasteiger partial charge in [-0.1, -0.05) is 36.4 Å². The summed E-state index contributed by atoms with van der Waals surface area (Å²) in [5, 5.41) is 12.8. The highest BCUT2D eigenvalue weighted by Gasteiger charge is 2.15. The summed E-state index contributed by atoms with van der Waals surface area (Å²) in [6.45, 7) is 0. The molecule has 192 valence electrons. The molecule has 5 heterocycles. The Bertz CT molecular complexity index is 1980. The first-order valence-electron chi connectivity index (χ1n) is 12.9. The first kappa shape index (κ1) is 23.5. The molecule has 0 radical (unpaired) electrons. The van der Waals surface area contributed by atoms with Crippen molar-refractivity contribution in [2.24, 2.45) is 0 Å². The molecular weight excluding hydrogens is 498 g/mol. The summed E-state index contributed by atoms with van der Waals surface area (Å²) in [6.07, 6.45) is 11.0. The number of nitrogens with zero attached hydrogens (tertiary/aromatic N) is 4. The summed E-state index contributed by atoms with van der Waals surface area (Å²) in [4.78, 5) is 29.0. The fraction of sp³-hybridized carbons (Fsp3) is 0.0312. The lowest BCUT2D eigenvalue weighted by Crippen LogP contribution is -2.14. The van der Waals surface area contributed by atoms with Crippen LogP contribution >= 0.6 is 0 Å². The molecule has 1 amide bonds. The van der Waals surface area contributed by atoms with Gasteiger partial charge in [0, 0.05) is 46.7 Å². The Morgan fingerprint density at radius 2 is 1.57 bits per heavy atom. The number of benzene rings is 2. The molecule has 3 N–H and O–H groups in total. The van der Waals surface area contributed by atoms with Gasteiger partial charge in [-0.05, 0) is 53.1 Å². The average Bonchev–Trinajstić information content (AvgIpc) is 3.62. The molecule has 0 spiro atoms. The second-order valence-corrected chi connectivity index (χ2v) is 9.57. The molecule has 40 heavy (non-hydrogen) atoms. The van der Waals surface area contributed by atoms with E-state index in [0.29, 0.717) is 12.1 Å². The zero-order valence-corrected chi connectivity index (χ0v) is 21.3. The summed E-state index contributed by atoms with van der Waals surface area (Å²) in [6, 6.07) is 23.8. The zero-order chi connectivity index (χ0) is 26.9. The predicted octanol–water partition coefficient (Wildman–Crippen LogP) is 6.41. The van der Waals surface area contributed by atoms with Crippen LogP contribution in [0.3, 0.4) is 0 Å². The van der Waals surface area contributed by atoms with Crippen molar-refractivity contribution in [1.29, 1.82) is 0 Å². The number of amides is 1. The molecule has 2 aromatic carbocycles. The van der Waals surface area contributed by atoms with Gasteiger partial charge in [0.2, 0.25) is 5.91 Å².